The predicted molar refractivity (Wildman–Crippen MR) is 59.0 cm³/mol. The molecule has 1 aromatic carbocycles. The third kappa shape index (κ3) is 2.18. The Morgan fingerprint density at radius 1 is 1.43 bits per heavy atom. The zero-order valence-corrected chi connectivity index (χ0v) is 8.94. The van der Waals surface area contributed by atoms with E-state index in [-0.39, 0.29) is 12.4 Å². The van der Waals surface area contributed by atoms with Crippen LogP contribution in [0.3, 0.4) is 0 Å². The lowest BCUT2D eigenvalue weighted by Crippen LogP contribution is -2.02. The number of fused-ring (bicyclic) bond motifs is 1. The molecule has 0 fully saturated rings. The van der Waals surface area contributed by atoms with E-state index in [9.17, 15) is 0 Å². The van der Waals surface area contributed by atoms with E-state index >= 15 is 0 Å². The van der Waals surface area contributed by atoms with Crippen molar-refractivity contribution in [2.45, 2.75) is 6.42 Å². The Morgan fingerprint density at radius 3 is 2.93 bits per heavy atom. The molecule has 14 heavy (non-hydrogen) atoms. The maximum absolute atomic E-state index is 5.80. The van der Waals surface area contributed by atoms with Gasteiger partial charge in [-0.3, -0.25) is 0 Å². The number of rotatable bonds is 2. The first-order valence-corrected chi connectivity index (χ1v) is 4.42. The number of halogens is 2. The number of aromatic nitrogens is 1. The number of hydrogen-bond acceptors (Lipinski definition) is 3. The Labute approximate surface area is 92.7 Å². The second kappa shape index (κ2) is 4.64. The van der Waals surface area contributed by atoms with Gasteiger partial charge in [0.15, 0.2) is 11.5 Å². The first-order valence-electron chi connectivity index (χ1n) is 4.04. The van der Waals surface area contributed by atoms with E-state index in [4.69, 9.17) is 21.8 Å². The van der Waals surface area contributed by atoms with E-state index < -0.39 is 0 Å². The highest BCUT2D eigenvalue weighted by Crippen LogP contribution is 2.19. The van der Waals surface area contributed by atoms with Gasteiger partial charge in [0.1, 0.15) is 5.52 Å². The summed E-state index contributed by atoms with van der Waals surface area (Å²) in [6.07, 6.45) is 0.659. The third-order valence-electron chi connectivity index (χ3n) is 1.75. The summed E-state index contributed by atoms with van der Waals surface area (Å²) in [7, 11) is 0. The Hall–Kier alpha value is -0.770. The van der Waals surface area contributed by atoms with Crippen molar-refractivity contribution < 1.29 is 4.42 Å². The molecule has 0 unspecified atom stereocenters. The molecule has 0 aliphatic heterocycles. The maximum Gasteiger partial charge on any atom is 0.196 e. The topological polar surface area (TPSA) is 52.0 Å². The highest BCUT2D eigenvalue weighted by atomic mass is 35.5. The molecule has 0 aliphatic carbocycles. The molecule has 0 amide bonds. The van der Waals surface area contributed by atoms with Gasteiger partial charge >= 0.3 is 0 Å². The first kappa shape index (κ1) is 11.3. The molecule has 2 N–H and O–H groups in total. The summed E-state index contributed by atoms with van der Waals surface area (Å²) in [5.41, 5.74) is 6.93. The van der Waals surface area contributed by atoms with E-state index in [0.29, 0.717) is 23.9 Å². The highest BCUT2D eigenvalue weighted by molar-refractivity contribution is 6.31. The molecular weight excluding hydrogens is 223 g/mol. The van der Waals surface area contributed by atoms with Crippen LogP contribution >= 0.6 is 24.0 Å². The highest BCUT2D eigenvalue weighted by Gasteiger charge is 2.04. The van der Waals surface area contributed by atoms with Crippen LogP contribution in [0.5, 0.6) is 0 Å². The minimum absolute atomic E-state index is 0. The summed E-state index contributed by atoms with van der Waals surface area (Å²) in [6, 6.07) is 5.37. The molecule has 1 heterocycles. The Kier molecular flexibility index (Phi) is 3.75. The molecule has 3 nitrogen and oxygen atoms in total. The second-order valence-corrected chi connectivity index (χ2v) is 3.19. The molecule has 0 atom stereocenters. The number of oxazole rings is 1. The van der Waals surface area contributed by atoms with E-state index in [2.05, 4.69) is 4.98 Å². The van der Waals surface area contributed by atoms with Gasteiger partial charge in [0, 0.05) is 18.0 Å². The van der Waals surface area contributed by atoms with Crippen molar-refractivity contribution in [1.82, 2.24) is 4.98 Å². The van der Waals surface area contributed by atoms with Crippen molar-refractivity contribution in [1.29, 1.82) is 0 Å². The molecule has 0 spiro atoms. The molecule has 2 aromatic rings. The zero-order valence-electron chi connectivity index (χ0n) is 7.37. The standard InChI is InChI=1S/C9H9ClN2O.ClH/c10-6-1-2-8-7(5-6)12-9(13-8)3-4-11;/h1-2,5H,3-4,11H2;1H. The first-order chi connectivity index (χ1) is 6.29. The lowest BCUT2D eigenvalue weighted by Gasteiger charge is -1.86. The van der Waals surface area contributed by atoms with Gasteiger partial charge < -0.3 is 10.2 Å². The molecule has 1 aromatic heterocycles. The minimum Gasteiger partial charge on any atom is -0.441 e. The third-order valence-corrected chi connectivity index (χ3v) is 1.99. The smallest absolute Gasteiger partial charge is 0.196 e. The van der Waals surface area contributed by atoms with Gasteiger partial charge in [-0.2, -0.15) is 0 Å². The molecule has 0 bridgehead atoms. The fourth-order valence-corrected chi connectivity index (χ4v) is 1.35. The lowest BCUT2D eigenvalue weighted by molar-refractivity contribution is 0.531. The Morgan fingerprint density at radius 2 is 2.21 bits per heavy atom. The minimum atomic E-state index is 0. The second-order valence-electron chi connectivity index (χ2n) is 2.76. The Bertz CT molecular complexity index is 428. The monoisotopic (exact) mass is 232 g/mol. The van der Waals surface area contributed by atoms with Gasteiger partial charge in [0.05, 0.1) is 0 Å². The average molecular weight is 233 g/mol. The van der Waals surface area contributed by atoms with Crippen LogP contribution in [-0.4, -0.2) is 11.5 Å². The fraction of sp³-hybridized carbons (Fsp3) is 0.222. The molecular formula is C9H10Cl2N2O. The van der Waals surface area contributed by atoms with Crippen LogP contribution in [0.1, 0.15) is 5.89 Å². The van der Waals surface area contributed by atoms with Gasteiger partial charge in [-0.05, 0) is 18.2 Å². The van der Waals surface area contributed by atoms with Crippen LogP contribution in [-0.2, 0) is 6.42 Å². The van der Waals surface area contributed by atoms with E-state index in [0.717, 1.165) is 11.1 Å². The Balaban J connectivity index is 0.000000980. The van der Waals surface area contributed by atoms with E-state index in [1.54, 1.807) is 12.1 Å². The van der Waals surface area contributed by atoms with Crippen molar-refractivity contribution in [3.05, 3.63) is 29.1 Å². The quantitative estimate of drug-likeness (QED) is 0.866. The van der Waals surface area contributed by atoms with E-state index in [1.165, 1.54) is 0 Å². The van der Waals surface area contributed by atoms with Crippen molar-refractivity contribution in [2.24, 2.45) is 5.73 Å². The number of benzene rings is 1. The van der Waals surface area contributed by atoms with Crippen molar-refractivity contribution in [3.8, 4) is 0 Å². The van der Waals surface area contributed by atoms with Gasteiger partial charge in [-0.25, -0.2) is 4.98 Å². The molecule has 0 saturated carbocycles. The molecule has 76 valence electrons. The summed E-state index contributed by atoms with van der Waals surface area (Å²) in [6.45, 7) is 0.542. The van der Waals surface area contributed by atoms with Crippen molar-refractivity contribution >= 4 is 35.1 Å². The lowest BCUT2D eigenvalue weighted by atomic mass is 10.3. The van der Waals surface area contributed by atoms with E-state index in [1.807, 2.05) is 6.07 Å². The maximum atomic E-state index is 5.80. The summed E-state index contributed by atoms with van der Waals surface area (Å²) < 4.78 is 5.41. The summed E-state index contributed by atoms with van der Waals surface area (Å²) in [4.78, 5) is 4.23. The van der Waals surface area contributed by atoms with Crippen molar-refractivity contribution in [3.63, 3.8) is 0 Å². The molecule has 0 saturated heterocycles. The normalized spacial score (nSPS) is 10.1. The summed E-state index contributed by atoms with van der Waals surface area (Å²) in [5.74, 6) is 0.666. The number of hydrogen-bond donors (Lipinski definition) is 1. The van der Waals surface area contributed by atoms with Crippen LogP contribution in [0.25, 0.3) is 11.1 Å². The summed E-state index contributed by atoms with van der Waals surface area (Å²) >= 11 is 5.80. The van der Waals surface area contributed by atoms with Crippen molar-refractivity contribution in [2.75, 3.05) is 6.54 Å². The van der Waals surface area contributed by atoms with Crippen LogP contribution in [0.4, 0.5) is 0 Å². The SMILES string of the molecule is Cl.NCCc1nc2cc(Cl)ccc2o1. The van der Waals surface area contributed by atoms with Crippen LogP contribution in [0.2, 0.25) is 5.02 Å². The van der Waals surface area contributed by atoms with Crippen LogP contribution in [0, 0.1) is 0 Å². The number of nitrogens with zero attached hydrogens (tertiary/aromatic N) is 1. The van der Waals surface area contributed by atoms with Gasteiger partial charge in [-0.1, -0.05) is 11.6 Å². The van der Waals surface area contributed by atoms with Gasteiger partial charge in [-0.15, -0.1) is 12.4 Å². The zero-order chi connectivity index (χ0) is 9.26. The molecule has 2 rings (SSSR count). The fourth-order valence-electron chi connectivity index (χ4n) is 1.18. The molecule has 5 heteroatoms. The predicted octanol–water partition coefficient (Wildman–Crippen LogP) is 2.40. The van der Waals surface area contributed by atoms with Gasteiger partial charge in [0.25, 0.3) is 0 Å². The largest absolute Gasteiger partial charge is 0.441 e. The molecule has 0 radical (unpaired) electrons. The number of nitrogens with two attached hydrogens (primary N) is 1. The van der Waals surface area contributed by atoms with Gasteiger partial charge in [0.2, 0.25) is 0 Å². The summed E-state index contributed by atoms with van der Waals surface area (Å²) in [5, 5.41) is 0.667. The van der Waals surface area contributed by atoms with Crippen LogP contribution in [0.15, 0.2) is 22.6 Å². The van der Waals surface area contributed by atoms with Crippen LogP contribution < -0.4 is 5.73 Å². The average Bonchev–Trinajstić information content (AvgIpc) is 2.46. The molecule has 0 aliphatic rings.